The molecule has 1 amide bonds. The molecule has 2 atom stereocenters. The molecule has 0 heterocycles. The van der Waals surface area contributed by atoms with Crippen molar-refractivity contribution in [2.75, 3.05) is 6.61 Å². The monoisotopic (exact) mass is 241 g/mol. The molecule has 3 N–H and O–H groups in total. The number of carbonyl (C=O) groups excluding carboxylic acids is 1. The fourth-order valence-electron chi connectivity index (χ4n) is 1.24. The lowest BCUT2D eigenvalue weighted by atomic mass is 10.1. The molecule has 0 aliphatic carbocycles. The molecule has 0 fully saturated rings. The predicted octanol–water partition coefficient (Wildman–Crippen LogP) is 1.38. The summed E-state index contributed by atoms with van der Waals surface area (Å²) in [5.74, 6) is -1.13. The molecule has 1 rings (SSSR count). The van der Waals surface area contributed by atoms with Crippen molar-refractivity contribution in [1.29, 1.82) is 0 Å². The molecule has 0 radical (unpaired) electrons. The second kappa shape index (κ2) is 5.63. The molecule has 2 unspecified atom stereocenters. The van der Waals surface area contributed by atoms with Gasteiger partial charge >= 0.3 is 0 Å². The third-order valence-corrected chi connectivity index (χ3v) is 2.41. The van der Waals surface area contributed by atoms with E-state index in [-0.39, 0.29) is 12.2 Å². The Morgan fingerprint density at radius 1 is 1.53 bits per heavy atom. The highest BCUT2D eigenvalue weighted by Gasteiger charge is 2.12. The minimum absolute atomic E-state index is 0.1000. The van der Waals surface area contributed by atoms with E-state index in [0.717, 1.165) is 0 Å². The van der Waals surface area contributed by atoms with Crippen LogP contribution in [0.4, 0.5) is 4.39 Å². The number of aliphatic hydroxyl groups is 1. The minimum atomic E-state index is -0.867. The van der Waals surface area contributed by atoms with Gasteiger partial charge in [0.05, 0.1) is 18.6 Å². The van der Waals surface area contributed by atoms with Gasteiger partial charge in [0.15, 0.2) is 0 Å². The van der Waals surface area contributed by atoms with Crippen molar-refractivity contribution < 1.29 is 19.0 Å². The van der Waals surface area contributed by atoms with E-state index >= 15 is 0 Å². The van der Waals surface area contributed by atoms with Crippen LogP contribution in [0.15, 0.2) is 18.2 Å². The highest BCUT2D eigenvalue weighted by atomic mass is 19.1. The summed E-state index contributed by atoms with van der Waals surface area (Å²) in [6.07, 6.45) is -0.867. The van der Waals surface area contributed by atoms with Crippen molar-refractivity contribution in [1.82, 2.24) is 0 Å². The minimum Gasteiger partial charge on any atom is -0.493 e. The molecule has 5 heteroatoms. The third-order valence-electron chi connectivity index (χ3n) is 2.41. The lowest BCUT2D eigenvalue weighted by molar-refractivity contribution is -0.122. The van der Waals surface area contributed by atoms with Gasteiger partial charge in [-0.05, 0) is 19.1 Å². The van der Waals surface area contributed by atoms with E-state index in [2.05, 4.69) is 0 Å². The molecule has 4 nitrogen and oxygen atoms in total. The number of amides is 1. The third kappa shape index (κ3) is 3.71. The van der Waals surface area contributed by atoms with Gasteiger partial charge < -0.3 is 15.6 Å². The molecule has 0 aliphatic heterocycles. The van der Waals surface area contributed by atoms with Crippen LogP contribution in [0.2, 0.25) is 0 Å². The topological polar surface area (TPSA) is 72.6 Å². The molecule has 17 heavy (non-hydrogen) atoms. The number of rotatable bonds is 5. The summed E-state index contributed by atoms with van der Waals surface area (Å²) in [5.41, 5.74) is 5.28. The van der Waals surface area contributed by atoms with Crippen LogP contribution in [0.5, 0.6) is 5.75 Å². The molecule has 1 aromatic carbocycles. The first kappa shape index (κ1) is 13.4. The van der Waals surface area contributed by atoms with Crippen molar-refractivity contribution in [2.45, 2.75) is 20.0 Å². The van der Waals surface area contributed by atoms with Gasteiger partial charge in [0.2, 0.25) is 5.91 Å². The normalized spacial score (nSPS) is 14.1. The van der Waals surface area contributed by atoms with Crippen LogP contribution in [-0.4, -0.2) is 17.6 Å². The van der Waals surface area contributed by atoms with Crippen molar-refractivity contribution in [2.24, 2.45) is 11.7 Å². The van der Waals surface area contributed by atoms with Gasteiger partial charge in [0, 0.05) is 11.6 Å². The van der Waals surface area contributed by atoms with Crippen molar-refractivity contribution in [3.8, 4) is 5.75 Å². The number of ether oxygens (including phenoxy) is 1. The number of primary amides is 1. The number of aliphatic hydroxyl groups excluding tert-OH is 1. The highest BCUT2D eigenvalue weighted by molar-refractivity contribution is 5.76. The zero-order valence-corrected chi connectivity index (χ0v) is 9.81. The molecule has 0 aromatic heterocycles. The average Bonchev–Trinajstić information content (AvgIpc) is 2.25. The van der Waals surface area contributed by atoms with E-state index in [9.17, 15) is 14.3 Å². The molecule has 0 spiro atoms. The first-order valence-corrected chi connectivity index (χ1v) is 5.31. The summed E-state index contributed by atoms with van der Waals surface area (Å²) in [6, 6.07) is 4.17. The Hall–Kier alpha value is -1.62. The van der Waals surface area contributed by atoms with Gasteiger partial charge in [0.1, 0.15) is 11.6 Å². The summed E-state index contributed by atoms with van der Waals surface area (Å²) in [4.78, 5) is 10.8. The maximum Gasteiger partial charge on any atom is 0.223 e. The fourth-order valence-corrected chi connectivity index (χ4v) is 1.24. The van der Waals surface area contributed by atoms with E-state index in [1.54, 1.807) is 13.0 Å². The molecular weight excluding hydrogens is 225 g/mol. The summed E-state index contributed by atoms with van der Waals surface area (Å²) in [7, 11) is 0. The van der Waals surface area contributed by atoms with E-state index in [4.69, 9.17) is 10.5 Å². The van der Waals surface area contributed by atoms with Gasteiger partial charge in [-0.2, -0.15) is 0 Å². The van der Waals surface area contributed by atoms with Gasteiger partial charge in [-0.15, -0.1) is 0 Å². The predicted molar refractivity (Wildman–Crippen MR) is 60.9 cm³/mol. The van der Waals surface area contributed by atoms with Crippen LogP contribution in [0.25, 0.3) is 0 Å². The Bertz CT molecular complexity index is 407. The Kier molecular flexibility index (Phi) is 4.45. The molecule has 0 bridgehead atoms. The Morgan fingerprint density at radius 2 is 2.18 bits per heavy atom. The van der Waals surface area contributed by atoms with Crippen LogP contribution >= 0.6 is 0 Å². The Labute approximate surface area is 99.2 Å². The van der Waals surface area contributed by atoms with Gasteiger partial charge in [-0.3, -0.25) is 4.79 Å². The summed E-state index contributed by atoms with van der Waals surface area (Å²) < 4.78 is 18.7. The van der Waals surface area contributed by atoms with Gasteiger partial charge in [-0.25, -0.2) is 4.39 Å². The van der Waals surface area contributed by atoms with Crippen molar-refractivity contribution in [3.63, 3.8) is 0 Å². The zero-order chi connectivity index (χ0) is 13.0. The number of hydrogen-bond donors (Lipinski definition) is 2. The highest BCUT2D eigenvalue weighted by Crippen LogP contribution is 2.21. The van der Waals surface area contributed by atoms with Crippen LogP contribution < -0.4 is 10.5 Å². The number of benzene rings is 1. The molecular formula is C12H16FNO3. The second-order valence-electron chi connectivity index (χ2n) is 3.97. The van der Waals surface area contributed by atoms with Crippen LogP contribution in [0.3, 0.4) is 0 Å². The SMILES string of the molecule is CC(COc1ccc(C(C)O)c(F)c1)C(N)=O. The quantitative estimate of drug-likeness (QED) is 0.818. The first-order chi connectivity index (χ1) is 7.91. The number of hydrogen-bond acceptors (Lipinski definition) is 3. The van der Waals surface area contributed by atoms with Crippen molar-refractivity contribution in [3.05, 3.63) is 29.6 Å². The lowest BCUT2D eigenvalue weighted by Gasteiger charge is -2.12. The Balaban J connectivity index is 2.68. The number of carbonyl (C=O) groups is 1. The fraction of sp³-hybridized carbons (Fsp3) is 0.417. The zero-order valence-electron chi connectivity index (χ0n) is 9.81. The first-order valence-electron chi connectivity index (χ1n) is 5.31. The number of halogens is 1. The summed E-state index contributed by atoms with van der Waals surface area (Å²) in [6.45, 7) is 3.21. The van der Waals surface area contributed by atoms with E-state index in [0.29, 0.717) is 5.75 Å². The molecule has 1 aromatic rings. The van der Waals surface area contributed by atoms with Crippen molar-refractivity contribution >= 4 is 5.91 Å². The van der Waals surface area contributed by atoms with Gasteiger partial charge in [-0.1, -0.05) is 6.92 Å². The maximum atomic E-state index is 13.5. The maximum absolute atomic E-state index is 13.5. The standard InChI is InChI=1S/C12H16FNO3/c1-7(12(14)16)6-17-9-3-4-10(8(2)15)11(13)5-9/h3-5,7-8,15H,6H2,1-2H3,(H2,14,16). The van der Waals surface area contributed by atoms with Gasteiger partial charge in [0.25, 0.3) is 0 Å². The van der Waals surface area contributed by atoms with E-state index in [1.807, 2.05) is 0 Å². The summed E-state index contributed by atoms with van der Waals surface area (Å²) >= 11 is 0. The Morgan fingerprint density at radius 3 is 2.65 bits per heavy atom. The summed E-state index contributed by atoms with van der Waals surface area (Å²) in [5, 5.41) is 9.24. The largest absolute Gasteiger partial charge is 0.493 e. The smallest absolute Gasteiger partial charge is 0.223 e. The van der Waals surface area contributed by atoms with Crippen LogP contribution in [-0.2, 0) is 4.79 Å². The van der Waals surface area contributed by atoms with Crippen LogP contribution in [0.1, 0.15) is 25.5 Å². The average molecular weight is 241 g/mol. The second-order valence-corrected chi connectivity index (χ2v) is 3.97. The molecule has 0 aliphatic rings. The molecule has 0 saturated heterocycles. The van der Waals surface area contributed by atoms with E-state index in [1.165, 1.54) is 19.1 Å². The molecule has 0 saturated carbocycles. The van der Waals surface area contributed by atoms with E-state index < -0.39 is 23.7 Å². The lowest BCUT2D eigenvalue weighted by Crippen LogP contribution is -2.25. The van der Waals surface area contributed by atoms with Crippen LogP contribution in [0, 0.1) is 11.7 Å². The molecule has 94 valence electrons. The number of nitrogens with two attached hydrogens (primary N) is 1.